The summed E-state index contributed by atoms with van der Waals surface area (Å²) in [6.07, 6.45) is 3.32. The van der Waals surface area contributed by atoms with Gasteiger partial charge >= 0.3 is 0 Å². The van der Waals surface area contributed by atoms with Crippen LogP contribution >= 0.6 is 0 Å². The summed E-state index contributed by atoms with van der Waals surface area (Å²) in [5, 5.41) is 19.9. The Kier molecular flexibility index (Phi) is 6.47. The average molecular weight is 464 g/mol. The quantitative estimate of drug-likeness (QED) is 0.554. The number of hydrogen-bond donors (Lipinski definition) is 2. The minimum Gasteiger partial charge on any atom is -0.379 e. The van der Waals surface area contributed by atoms with Gasteiger partial charge in [0.1, 0.15) is 17.7 Å². The number of nitrogens with zero attached hydrogens (tertiary/aromatic N) is 5. The van der Waals surface area contributed by atoms with Gasteiger partial charge in [0.15, 0.2) is 0 Å². The fourth-order valence-corrected chi connectivity index (χ4v) is 4.10. The van der Waals surface area contributed by atoms with Crippen LogP contribution in [-0.4, -0.2) is 47.0 Å². The van der Waals surface area contributed by atoms with E-state index in [9.17, 15) is 14.4 Å². The van der Waals surface area contributed by atoms with Crippen molar-refractivity contribution in [3.8, 4) is 6.07 Å². The molecule has 10 heteroatoms. The molecule has 2 aromatic heterocycles. The van der Waals surface area contributed by atoms with Crippen LogP contribution in [0.3, 0.4) is 0 Å². The van der Waals surface area contributed by atoms with E-state index < -0.39 is 11.9 Å². The molecule has 0 fully saturated rings. The molecule has 4 rings (SSSR count). The second-order valence-corrected chi connectivity index (χ2v) is 8.29. The predicted molar refractivity (Wildman–Crippen MR) is 126 cm³/mol. The van der Waals surface area contributed by atoms with E-state index in [1.54, 1.807) is 24.1 Å². The lowest BCUT2D eigenvalue weighted by Gasteiger charge is -2.38. The van der Waals surface area contributed by atoms with Crippen LogP contribution in [0.2, 0.25) is 0 Å². The zero-order valence-corrected chi connectivity index (χ0v) is 19.5. The number of fused-ring (bicyclic) bond motifs is 1. The molecule has 0 spiro atoms. The van der Waals surface area contributed by atoms with Crippen molar-refractivity contribution in [2.75, 3.05) is 29.7 Å². The van der Waals surface area contributed by atoms with Gasteiger partial charge in [-0.1, -0.05) is 6.07 Å². The lowest BCUT2D eigenvalue weighted by Crippen LogP contribution is -2.52. The fourth-order valence-electron chi connectivity index (χ4n) is 4.10. The number of nitrogens with one attached hydrogen (secondary N) is 2. The molecule has 1 amide bonds. The van der Waals surface area contributed by atoms with Crippen molar-refractivity contribution in [3.63, 3.8) is 0 Å². The van der Waals surface area contributed by atoms with E-state index in [1.807, 2.05) is 44.1 Å². The molecule has 2 atom stereocenters. The van der Waals surface area contributed by atoms with Crippen LogP contribution in [0.15, 0.2) is 36.7 Å². The summed E-state index contributed by atoms with van der Waals surface area (Å²) in [4.78, 5) is 19.1. The Hall–Kier alpha value is -3.97. The van der Waals surface area contributed by atoms with Crippen molar-refractivity contribution in [1.82, 2.24) is 14.8 Å². The minimum absolute atomic E-state index is 0.122. The third-order valence-electron chi connectivity index (χ3n) is 6.00. The number of hydrogen-bond acceptors (Lipinski definition) is 7. The van der Waals surface area contributed by atoms with E-state index in [2.05, 4.69) is 20.7 Å². The minimum atomic E-state index is -0.449. The molecule has 0 aliphatic carbocycles. The summed E-state index contributed by atoms with van der Waals surface area (Å²) < 4.78 is 20.5. The van der Waals surface area contributed by atoms with Gasteiger partial charge in [0.05, 0.1) is 47.5 Å². The topological polar surface area (TPSA) is 108 Å². The highest BCUT2D eigenvalue weighted by Crippen LogP contribution is 2.36. The molecule has 0 bridgehead atoms. The number of aryl methyl sites for hydroxylation is 1. The molecule has 1 aliphatic rings. The van der Waals surface area contributed by atoms with Gasteiger partial charge in [-0.05, 0) is 31.5 Å². The Morgan fingerprint density at radius 2 is 2.18 bits per heavy atom. The van der Waals surface area contributed by atoms with Crippen LogP contribution in [0.5, 0.6) is 0 Å². The van der Waals surface area contributed by atoms with E-state index in [0.29, 0.717) is 41.4 Å². The van der Waals surface area contributed by atoms with Crippen molar-refractivity contribution in [2.45, 2.75) is 39.1 Å². The van der Waals surface area contributed by atoms with Gasteiger partial charge in [-0.25, -0.2) is 9.37 Å². The number of ether oxygens (including phenoxy) is 1. The van der Waals surface area contributed by atoms with Crippen LogP contribution in [-0.2, 0) is 22.6 Å². The standard InChI is InChI=1S/C24H26FN7O2/c1-14-22-20(31(3)23(15(2)34-4)24(33)30-22)8-21(29-14)27-10-16-11-28-32(12-16)13-17-5-6-19(25)7-18(17)9-26/h5-8,11-12,15,23H,10,13H2,1-4H3,(H,27,29)(H,30,33)/t15-,23+/m1/s1. The Balaban J connectivity index is 1.48. The number of rotatable bonds is 7. The molecular weight excluding hydrogens is 437 g/mol. The average Bonchev–Trinajstić information content (AvgIpc) is 3.26. The van der Waals surface area contributed by atoms with Crippen molar-refractivity contribution < 1.29 is 13.9 Å². The summed E-state index contributed by atoms with van der Waals surface area (Å²) in [5.41, 5.74) is 4.17. The Morgan fingerprint density at radius 3 is 2.91 bits per heavy atom. The fraction of sp³-hybridized carbons (Fsp3) is 0.333. The molecule has 2 N–H and O–H groups in total. The lowest BCUT2D eigenvalue weighted by molar-refractivity contribution is -0.120. The first-order chi connectivity index (χ1) is 16.3. The first kappa shape index (κ1) is 23.2. The number of anilines is 3. The molecule has 34 heavy (non-hydrogen) atoms. The third kappa shape index (κ3) is 4.56. The van der Waals surface area contributed by atoms with Gasteiger partial charge in [0.2, 0.25) is 5.91 Å². The number of amides is 1. The van der Waals surface area contributed by atoms with Crippen LogP contribution in [0.1, 0.15) is 29.3 Å². The second-order valence-electron chi connectivity index (χ2n) is 8.29. The molecule has 3 heterocycles. The van der Waals surface area contributed by atoms with Gasteiger partial charge in [-0.3, -0.25) is 9.48 Å². The van der Waals surface area contributed by atoms with Crippen molar-refractivity contribution >= 4 is 23.1 Å². The highest BCUT2D eigenvalue weighted by Gasteiger charge is 2.36. The number of nitriles is 1. The molecule has 0 radical (unpaired) electrons. The maximum atomic E-state index is 13.4. The third-order valence-corrected chi connectivity index (χ3v) is 6.00. The maximum Gasteiger partial charge on any atom is 0.249 e. The number of halogens is 1. The van der Waals surface area contributed by atoms with Crippen molar-refractivity contribution in [1.29, 1.82) is 5.26 Å². The van der Waals surface area contributed by atoms with Gasteiger partial charge < -0.3 is 20.3 Å². The second kappa shape index (κ2) is 9.49. The van der Waals surface area contributed by atoms with Crippen LogP contribution in [0, 0.1) is 24.1 Å². The number of aromatic nitrogens is 3. The van der Waals surface area contributed by atoms with Crippen LogP contribution in [0.25, 0.3) is 0 Å². The molecule has 1 aromatic carbocycles. The van der Waals surface area contributed by atoms with E-state index in [1.165, 1.54) is 12.1 Å². The summed E-state index contributed by atoms with van der Waals surface area (Å²) in [6.45, 7) is 4.56. The first-order valence-electron chi connectivity index (χ1n) is 10.8. The Morgan fingerprint density at radius 1 is 1.38 bits per heavy atom. The smallest absolute Gasteiger partial charge is 0.249 e. The van der Waals surface area contributed by atoms with E-state index >= 15 is 0 Å². The zero-order chi connectivity index (χ0) is 24.4. The number of pyridine rings is 1. The number of carbonyl (C=O) groups is 1. The normalized spacial score (nSPS) is 15.9. The molecule has 0 unspecified atom stereocenters. The van der Waals surface area contributed by atoms with Crippen molar-refractivity contribution in [3.05, 3.63) is 64.9 Å². The summed E-state index contributed by atoms with van der Waals surface area (Å²) in [7, 11) is 3.46. The number of carbonyl (C=O) groups excluding carboxylic acids is 1. The summed E-state index contributed by atoms with van der Waals surface area (Å²) in [5.74, 6) is 0.107. The summed E-state index contributed by atoms with van der Waals surface area (Å²) in [6, 6.07) is 7.63. The van der Waals surface area contributed by atoms with Crippen LogP contribution < -0.4 is 15.5 Å². The van der Waals surface area contributed by atoms with E-state index in [-0.39, 0.29) is 12.0 Å². The van der Waals surface area contributed by atoms with Gasteiger partial charge in [-0.15, -0.1) is 0 Å². The monoisotopic (exact) mass is 463 g/mol. The highest BCUT2D eigenvalue weighted by molar-refractivity contribution is 6.04. The molecule has 0 saturated heterocycles. The molecular formula is C24H26FN7O2. The van der Waals surface area contributed by atoms with E-state index in [0.717, 1.165) is 11.3 Å². The lowest BCUT2D eigenvalue weighted by atomic mass is 10.0. The van der Waals surface area contributed by atoms with Gasteiger partial charge in [0, 0.05) is 38.5 Å². The van der Waals surface area contributed by atoms with Gasteiger partial charge in [-0.2, -0.15) is 10.4 Å². The van der Waals surface area contributed by atoms with Crippen LogP contribution in [0.4, 0.5) is 21.6 Å². The molecule has 1 aliphatic heterocycles. The number of methoxy groups -OCH3 is 1. The number of benzene rings is 1. The Bertz CT molecular complexity index is 1270. The number of likely N-dealkylation sites (N-methyl/N-ethyl adjacent to an activating group) is 1. The highest BCUT2D eigenvalue weighted by atomic mass is 19.1. The van der Waals surface area contributed by atoms with Crippen molar-refractivity contribution in [2.24, 2.45) is 0 Å². The molecule has 9 nitrogen and oxygen atoms in total. The molecule has 3 aromatic rings. The summed E-state index contributed by atoms with van der Waals surface area (Å²) >= 11 is 0. The maximum absolute atomic E-state index is 13.4. The molecule has 176 valence electrons. The Labute approximate surface area is 197 Å². The molecule has 0 saturated carbocycles. The largest absolute Gasteiger partial charge is 0.379 e. The van der Waals surface area contributed by atoms with Gasteiger partial charge in [0.25, 0.3) is 0 Å². The van der Waals surface area contributed by atoms with E-state index in [4.69, 9.17) is 4.74 Å². The first-order valence-corrected chi connectivity index (χ1v) is 10.8. The SMILES string of the molecule is CO[C@H](C)[C@H]1C(=O)Nc2c(cc(NCc3cnn(Cc4ccc(F)cc4C#N)c3)nc2C)N1C. The predicted octanol–water partition coefficient (Wildman–Crippen LogP) is 3.05. The zero-order valence-electron chi connectivity index (χ0n) is 19.5.